The number of thiophene rings is 1. The molecule has 1 N–H and O–H groups in total. The molecule has 130 valence electrons. The number of hydrogen-bond acceptors (Lipinski definition) is 2. The Morgan fingerprint density at radius 3 is 2.20 bits per heavy atom. The van der Waals surface area contributed by atoms with Gasteiger partial charge in [-0.3, -0.25) is 0 Å². The monoisotopic (exact) mass is 352 g/mol. The summed E-state index contributed by atoms with van der Waals surface area (Å²) in [6, 6.07) is 7.95. The zero-order chi connectivity index (χ0) is 18.4. The third-order valence-electron chi connectivity index (χ3n) is 5.33. The van der Waals surface area contributed by atoms with Crippen molar-refractivity contribution in [1.29, 1.82) is 0 Å². The van der Waals surface area contributed by atoms with Crippen LogP contribution < -0.4 is 0 Å². The highest BCUT2D eigenvalue weighted by atomic mass is 32.1. The average Bonchev–Trinajstić information content (AvgIpc) is 3.00. The minimum absolute atomic E-state index is 0.161. The van der Waals surface area contributed by atoms with Gasteiger partial charge in [-0.1, -0.05) is 45.6 Å². The van der Waals surface area contributed by atoms with Crippen LogP contribution in [0.1, 0.15) is 77.3 Å². The van der Waals surface area contributed by atoms with Crippen molar-refractivity contribution in [2.24, 2.45) is 0 Å². The average molecular weight is 352 g/mol. The molecule has 0 unspecified atom stereocenters. The molecular weight excluding hydrogens is 328 g/mol. The van der Waals surface area contributed by atoms with Gasteiger partial charge >= 0.3 is 5.97 Å². The Hall–Kier alpha value is -2.05. The van der Waals surface area contributed by atoms with E-state index in [-0.39, 0.29) is 10.8 Å². The van der Waals surface area contributed by atoms with E-state index in [1.54, 1.807) is 12.1 Å². The Morgan fingerprint density at radius 1 is 1.04 bits per heavy atom. The second-order valence-corrected chi connectivity index (χ2v) is 9.28. The maximum absolute atomic E-state index is 11.0. The Labute approximate surface area is 153 Å². The molecule has 0 saturated carbocycles. The van der Waals surface area contributed by atoms with Crippen LogP contribution in [0.4, 0.5) is 0 Å². The molecule has 1 aliphatic rings. The van der Waals surface area contributed by atoms with Crippen molar-refractivity contribution >= 4 is 17.3 Å². The highest BCUT2D eigenvalue weighted by molar-refractivity contribution is 7.14. The lowest BCUT2D eigenvalue weighted by Crippen LogP contribution is -2.34. The molecule has 0 atom stereocenters. The summed E-state index contributed by atoms with van der Waals surface area (Å²) in [6.07, 6.45) is 2.38. The third kappa shape index (κ3) is 3.37. The number of benzene rings is 1. The van der Waals surface area contributed by atoms with Gasteiger partial charge in [0.2, 0.25) is 0 Å². The zero-order valence-electron chi connectivity index (χ0n) is 15.5. The summed E-state index contributed by atoms with van der Waals surface area (Å²) < 4.78 is 0. The molecule has 3 rings (SSSR count). The second-order valence-electron chi connectivity index (χ2n) is 8.20. The Balaban J connectivity index is 2.04. The van der Waals surface area contributed by atoms with Crippen LogP contribution in [0.3, 0.4) is 0 Å². The molecule has 2 aromatic rings. The van der Waals surface area contributed by atoms with Crippen LogP contribution in [0.5, 0.6) is 0 Å². The fourth-order valence-electron chi connectivity index (χ4n) is 3.51. The van der Waals surface area contributed by atoms with Crippen molar-refractivity contribution in [2.45, 2.75) is 58.3 Å². The van der Waals surface area contributed by atoms with E-state index in [2.05, 4.69) is 58.6 Å². The van der Waals surface area contributed by atoms with Crippen LogP contribution in [0.25, 0.3) is 0 Å². The van der Waals surface area contributed by atoms with E-state index in [1.807, 2.05) is 0 Å². The van der Waals surface area contributed by atoms with Gasteiger partial charge < -0.3 is 5.11 Å². The van der Waals surface area contributed by atoms with E-state index in [4.69, 9.17) is 5.11 Å². The molecule has 1 aromatic carbocycles. The summed E-state index contributed by atoms with van der Waals surface area (Å²) in [5.74, 6) is 5.51. The van der Waals surface area contributed by atoms with Crippen molar-refractivity contribution in [3.8, 4) is 11.8 Å². The first-order valence-electron chi connectivity index (χ1n) is 8.61. The molecule has 2 nitrogen and oxygen atoms in total. The van der Waals surface area contributed by atoms with Crippen molar-refractivity contribution in [3.05, 3.63) is 56.3 Å². The first-order chi connectivity index (χ1) is 11.6. The number of aromatic carboxylic acids is 1. The van der Waals surface area contributed by atoms with Gasteiger partial charge in [-0.2, -0.15) is 0 Å². The summed E-state index contributed by atoms with van der Waals surface area (Å²) in [4.78, 5) is 12.1. The van der Waals surface area contributed by atoms with Crippen LogP contribution in [0.2, 0.25) is 0 Å². The molecule has 0 amide bonds. The van der Waals surface area contributed by atoms with Gasteiger partial charge in [-0.15, -0.1) is 11.3 Å². The standard InChI is InChI=1S/C22H24O2S/c1-14-12-17-18(22(4,5)11-10-21(17,2)3)13-15(14)6-7-16-8-9-19(25-16)20(23)24/h8-9,12-13H,10-11H2,1-5H3,(H,23,24). The normalized spacial score (nSPS) is 17.3. The number of hydrogen-bond donors (Lipinski definition) is 1. The fourth-order valence-corrected chi connectivity index (χ4v) is 4.20. The van der Waals surface area contributed by atoms with E-state index in [0.29, 0.717) is 4.88 Å². The highest BCUT2D eigenvalue weighted by Gasteiger charge is 2.37. The van der Waals surface area contributed by atoms with Crippen molar-refractivity contribution in [3.63, 3.8) is 0 Å². The number of carboxylic acids is 1. The molecule has 3 heteroatoms. The summed E-state index contributed by atoms with van der Waals surface area (Å²) >= 11 is 1.22. The number of rotatable bonds is 1. The van der Waals surface area contributed by atoms with Crippen LogP contribution in [-0.4, -0.2) is 11.1 Å². The summed E-state index contributed by atoms with van der Waals surface area (Å²) in [7, 11) is 0. The van der Waals surface area contributed by atoms with Crippen LogP contribution in [-0.2, 0) is 10.8 Å². The molecule has 0 bridgehead atoms. The van der Waals surface area contributed by atoms with Crippen LogP contribution in [0, 0.1) is 18.8 Å². The van der Waals surface area contributed by atoms with Gasteiger partial charge in [0.05, 0.1) is 4.88 Å². The predicted molar refractivity (Wildman–Crippen MR) is 104 cm³/mol. The van der Waals surface area contributed by atoms with Crippen molar-refractivity contribution in [2.75, 3.05) is 0 Å². The van der Waals surface area contributed by atoms with E-state index in [9.17, 15) is 4.79 Å². The molecule has 25 heavy (non-hydrogen) atoms. The molecule has 0 fully saturated rings. The van der Waals surface area contributed by atoms with Crippen LogP contribution >= 0.6 is 11.3 Å². The van der Waals surface area contributed by atoms with Gasteiger partial charge in [-0.05, 0) is 65.5 Å². The van der Waals surface area contributed by atoms with Gasteiger partial charge in [-0.25, -0.2) is 4.79 Å². The predicted octanol–water partition coefficient (Wildman–Crippen LogP) is 5.50. The van der Waals surface area contributed by atoms with Crippen molar-refractivity contribution in [1.82, 2.24) is 0 Å². The fraction of sp³-hybridized carbons (Fsp3) is 0.409. The van der Waals surface area contributed by atoms with Gasteiger partial charge in [0.25, 0.3) is 0 Å². The Kier molecular flexibility index (Phi) is 4.29. The van der Waals surface area contributed by atoms with Gasteiger partial charge in [0.1, 0.15) is 4.88 Å². The number of carboxylic acid groups (broad SMARTS) is 1. The largest absolute Gasteiger partial charge is 0.477 e. The first-order valence-corrected chi connectivity index (χ1v) is 9.42. The lowest BCUT2D eigenvalue weighted by atomic mass is 9.62. The smallest absolute Gasteiger partial charge is 0.345 e. The molecule has 0 aliphatic heterocycles. The molecule has 0 radical (unpaired) electrons. The summed E-state index contributed by atoms with van der Waals surface area (Å²) in [6.45, 7) is 11.4. The number of fused-ring (bicyclic) bond motifs is 1. The molecular formula is C22H24O2S. The Morgan fingerprint density at radius 2 is 1.64 bits per heavy atom. The maximum Gasteiger partial charge on any atom is 0.345 e. The summed E-state index contributed by atoms with van der Waals surface area (Å²) in [5.41, 5.74) is 5.43. The van der Waals surface area contributed by atoms with E-state index in [1.165, 1.54) is 40.9 Å². The third-order valence-corrected chi connectivity index (χ3v) is 6.32. The van der Waals surface area contributed by atoms with Gasteiger partial charge in [0.15, 0.2) is 0 Å². The SMILES string of the molecule is Cc1cc2c(cc1C#Cc1ccc(C(=O)O)s1)C(C)(C)CCC2(C)C. The van der Waals surface area contributed by atoms with E-state index in [0.717, 1.165) is 10.4 Å². The molecule has 0 spiro atoms. The lowest BCUT2D eigenvalue weighted by Gasteiger charge is -2.42. The van der Waals surface area contributed by atoms with E-state index < -0.39 is 5.97 Å². The second kappa shape index (κ2) is 6.04. The number of aryl methyl sites for hydroxylation is 1. The zero-order valence-corrected chi connectivity index (χ0v) is 16.3. The minimum atomic E-state index is -0.896. The van der Waals surface area contributed by atoms with Crippen molar-refractivity contribution < 1.29 is 9.90 Å². The number of carbonyl (C=O) groups is 1. The van der Waals surface area contributed by atoms with E-state index >= 15 is 0 Å². The quantitative estimate of drug-likeness (QED) is 0.688. The topological polar surface area (TPSA) is 37.3 Å². The Bertz CT molecular complexity index is 904. The summed E-state index contributed by atoms with van der Waals surface area (Å²) in [5, 5.41) is 9.03. The lowest BCUT2D eigenvalue weighted by molar-refractivity contribution is 0.0702. The van der Waals surface area contributed by atoms with Crippen LogP contribution in [0.15, 0.2) is 24.3 Å². The molecule has 0 saturated heterocycles. The molecule has 1 heterocycles. The first kappa shape index (κ1) is 17.8. The molecule has 1 aromatic heterocycles. The molecule has 1 aliphatic carbocycles. The highest BCUT2D eigenvalue weighted by Crippen LogP contribution is 2.46. The minimum Gasteiger partial charge on any atom is -0.477 e. The van der Waals surface area contributed by atoms with Gasteiger partial charge in [0, 0.05) is 5.56 Å². The maximum atomic E-state index is 11.0.